The fraction of sp³-hybridized carbons (Fsp3) is 0.118. The second-order valence-electron chi connectivity index (χ2n) is 5.09. The summed E-state index contributed by atoms with van der Waals surface area (Å²) < 4.78 is 12.0. The molecule has 0 unspecified atom stereocenters. The summed E-state index contributed by atoms with van der Waals surface area (Å²) in [6, 6.07) is 10.8. The summed E-state index contributed by atoms with van der Waals surface area (Å²) in [6.45, 7) is 0.393. The number of nitro groups is 1. The number of ether oxygens (including phenoxy) is 1. The van der Waals surface area contributed by atoms with Crippen LogP contribution in [0.5, 0.6) is 0 Å². The summed E-state index contributed by atoms with van der Waals surface area (Å²) in [4.78, 5) is 21.5. The van der Waals surface area contributed by atoms with Gasteiger partial charge in [0.1, 0.15) is 5.76 Å². The number of nitrogens with zero attached hydrogens (tertiary/aromatic N) is 2. The quantitative estimate of drug-likeness (QED) is 0.408. The van der Waals surface area contributed by atoms with E-state index in [0.717, 1.165) is 22.7 Å². The Labute approximate surface area is 136 Å². The molecule has 3 rings (SSSR count). The lowest BCUT2D eigenvalue weighted by atomic mass is 10.2. The number of rotatable bonds is 5. The van der Waals surface area contributed by atoms with Gasteiger partial charge in [0.25, 0.3) is 0 Å². The lowest BCUT2D eigenvalue weighted by Gasteiger charge is -2.02. The lowest BCUT2D eigenvalue weighted by molar-refractivity contribution is -0.400. The van der Waals surface area contributed by atoms with Crippen LogP contribution in [0.4, 0.5) is 0 Å². The third kappa shape index (κ3) is 3.05. The summed E-state index contributed by atoms with van der Waals surface area (Å²) in [6.07, 6.45) is 4.18. The monoisotopic (exact) mass is 326 g/mol. The van der Waals surface area contributed by atoms with Crippen molar-refractivity contribution in [2.45, 2.75) is 6.54 Å². The van der Waals surface area contributed by atoms with E-state index in [1.165, 1.54) is 13.2 Å². The van der Waals surface area contributed by atoms with E-state index in [9.17, 15) is 14.9 Å². The number of furan rings is 1. The van der Waals surface area contributed by atoms with Crippen LogP contribution in [0.15, 0.2) is 53.2 Å². The topological polar surface area (TPSA) is 87.5 Å². The summed E-state index contributed by atoms with van der Waals surface area (Å²) >= 11 is 0. The van der Waals surface area contributed by atoms with Gasteiger partial charge in [0.2, 0.25) is 12.0 Å². The molecule has 2 heterocycles. The Morgan fingerprint density at radius 3 is 2.88 bits per heavy atom. The van der Waals surface area contributed by atoms with Gasteiger partial charge >= 0.3 is 5.97 Å². The van der Waals surface area contributed by atoms with Gasteiger partial charge in [0.05, 0.1) is 18.6 Å². The van der Waals surface area contributed by atoms with E-state index in [0.29, 0.717) is 12.3 Å². The first kappa shape index (κ1) is 15.5. The minimum absolute atomic E-state index is 0.137. The Balaban J connectivity index is 1.96. The molecule has 7 heteroatoms. The zero-order valence-corrected chi connectivity index (χ0v) is 12.8. The van der Waals surface area contributed by atoms with E-state index >= 15 is 0 Å². The molecule has 0 N–H and O–H groups in total. The van der Waals surface area contributed by atoms with Gasteiger partial charge in [-0.15, -0.1) is 0 Å². The van der Waals surface area contributed by atoms with E-state index in [2.05, 4.69) is 4.74 Å². The highest BCUT2D eigenvalue weighted by molar-refractivity contribution is 5.89. The molecule has 0 radical (unpaired) electrons. The van der Waals surface area contributed by atoms with Crippen LogP contribution in [0.1, 0.15) is 21.9 Å². The van der Waals surface area contributed by atoms with E-state index < -0.39 is 10.9 Å². The van der Waals surface area contributed by atoms with Gasteiger partial charge in [-0.3, -0.25) is 10.1 Å². The Kier molecular flexibility index (Phi) is 4.15. The van der Waals surface area contributed by atoms with Crippen LogP contribution in [0.3, 0.4) is 0 Å². The molecule has 0 saturated heterocycles. The normalized spacial score (nSPS) is 11.2. The molecule has 0 bridgehead atoms. The van der Waals surface area contributed by atoms with Crippen LogP contribution in [-0.4, -0.2) is 22.6 Å². The van der Waals surface area contributed by atoms with Crippen LogP contribution in [0.2, 0.25) is 0 Å². The van der Waals surface area contributed by atoms with Gasteiger partial charge in [-0.1, -0.05) is 18.2 Å². The van der Waals surface area contributed by atoms with Crippen molar-refractivity contribution in [1.29, 1.82) is 0 Å². The highest BCUT2D eigenvalue weighted by atomic mass is 16.6. The lowest BCUT2D eigenvalue weighted by Crippen LogP contribution is -1.99. The maximum Gasteiger partial charge on any atom is 0.373 e. The molecule has 0 atom stereocenters. The maximum atomic E-state index is 11.4. The molecule has 0 fully saturated rings. The predicted octanol–water partition coefficient (Wildman–Crippen LogP) is 3.32. The highest BCUT2D eigenvalue weighted by Gasteiger charge is 2.13. The van der Waals surface area contributed by atoms with Crippen molar-refractivity contribution in [2.75, 3.05) is 7.11 Å². The van der Waals surface area contributed by atoms with E-state index in [4.69, 9.17) is 4.42 Å². The zero-order chi connectivity index (χ0) is 17.1. The largest absolute Gasteiger partial charge is 0.463 e. The number of fused-ring (bicyclic) bond motifs is 1. The van der Waals surface area contributed by atoms with Crippen molar-refractivity contribution in [3.05, 3.63) is 76.0 Å². The average molecular weight is 326 g/mol. The fourth-order valence-electron chi connectivity index (χ4n) is 2.52. The number of aromatic nitrogens is 1. The van der Waals surface area contributed by atoms with Gasteiger partial charge in [-0.05, 0) is 18.2 Å². The first-order valence-electron chi connectivity index (χ1n) is 7.15. The number of benzene rings is 1. The fourth-order valence-corrected chi connectivity index (χ4v) is 2.52. The van der Waals surface area contributed by atoms with Crippen LogP contribution < -0.4 is 0 Å². The first-order valence-corrected chi connectivity index (χ1v) is 7.15. The highest BCUT2D eigenvalue weighted by Crippen LogP contribution is 2.24. The Hall–Kier alpha value is -3.35. The molecule has 24 heavy (non-hydrogen) atoms. The molecule has 0 aliphatic rings. The van der Waals surface area contributed by atoms with Crippen molar-refractivity contribution < 1.29 is 18.9 Å². The van der Waals surface area contributed by atoms with Gasteiger partial charge in [0.15, 0.2) is 0 Å². The molecule has 0 aliphatic carbocycles. The van der Waals surface area contributed by atoms with Crippen LogP contribution in [0, 0.1) is 10.1 Å². The third-order valence-electron chi connectivity index (χ3n) is 3.57. The molecular weight excluding hydrogens is 312 g/mol. The number of methoxy groups -OCH3 is 1. The third-order valence-corrected chi connectivity index (χ3v) is 3.57. The zero-order valence-electron chi connectivity index (χ0n) is 12.8. The average Bonchev–Trinajstić information content (AvgIpc) is 3.18. The standard InChI is InChI=1S/C17H14N2O5/c1-23-17(20)16-7-6-13(24-16)11-18-10-12(8-9-19(21)22)14-4-2-3-5-15(14)18/h2-10H,11H2,1H3. The number of carbonyl (C=O) groups is 1. The first-order chi connectivity index (χ1) is 11.6. The minimum atomic E-state index is -0.534. The molecular formula is C17H14N2O5. The molecule has 0 spiro atoms. The summed E-state index contributed by atoms with van der Waals surface area (Å²) in [5, 5.41) is 11.5. The Bertz CT molecular complexity index is 936. The smallest absolute Gasteiger partial charge is 0.373 e. The molecule has 0 aliphatic heterocycles. The van der Waals surface area contributed by atoms with Crippen LogP contribution in [0.25, 0.3) is 17.0 Å². The van der Waals surface area contributed by atoms with Gasteiger partial charge in [0, 0.05) is 28.7 Å². The number of esters is 1. The van der Waals surface area contributed by atoms with E-state index in [1.54, 1.807) is 12.1 Å². The Morgan fingerprint density at radius 1 is 1.33 bits per heavy atom. The summed E-state index contributed by atoms with van der Waals surface area (Å²) in [5.41, 5.74) is 1.65. The number of hydrogen-bond donors (Lipinski definition) is 0. The summed E-state index contributed by atoms with van der Waals surface area (Å²) in [5.74, 6) is 0.187. The van der Waals surface area contributed by atoms with E-state index in [-0.39, 0.29) is 5.76 Å². The van der Waals surface area contributed by atoms with Crippen LogP contribution in [-0.2, 0) is 11.3 Å². The number of carbonyl (C=O) groups excluding carboxylic acids is 1. The van der Waals surface area contributed by atoms with Crippen LogP contribution >= 0.6 is 0 Å². The van der Waals surface area contributed by atoms with Crippen molar-refractivity contribution in [3.63, 3.8) is 0 Å². The minimum Gasteiger partial charge on any atom is -0.463 e. The molecule has 3 aromatic rings. The van der Waals surface area contributed by atoms with Crippen molar-refractivity contribution >= 4 is 22.9 Å². The van der Waals surface area contributed by atoms with Crippen molar-refractivity contribution in [2.24, 2.45) is 0 Å². The van der Waals surface area contributed by atoms with Gasteiger partial charge < -0.3 is 13.7 Å². The van der Waals surface area contributed by atoms with E-state index in [1.807, 2.05) is 35.0 Å². The molecule has 7 nitrogen and oxygen atoms in total. The second-order valence-corrected chi connectivity index (χ2v) is 5.09. The second kappa shape index (κ2) is 6.41. The Morgan fingerprint density at radius 2 is 2.12 bits per heavy atom. The molecule has 122 valence electrons. The SMILES string of the molecule is COC(=O)c1ccc(Cn2cc(C=C[N+](=O)[O-])c3ccccc32)o1. The molecule has 0 saturated carbocycles. The van der Waals surface area contributed by atoms with Crippen molar-refractivity contribution in [1.82, 2.24) is 4.57 Å². The number of para-hydroxylation sites is 1. The predicted molar refractivity (Wildman–Crippen MR) is 87.1 cm³/mol. The van der Waals surface area contributed by atoms with Gasteiger partial charge in [-0.2, -0.15) is 0 Å². The molecule has 0 amide bonds. The van der Waals surface area contributed by atoms with Crippen molar-refractivity contribution in [3.8, 4) is 0 Å². The number of hydrogen-bond acceptors (Lipinski definition) is 5. The summed E-state index contributed by atoms with van der Waals surface area (Å²) in [7, 11) is 1.29. The van der Waals surface area contributed by atoms with Gasteiger partial charge in [-0.25, -0.2) is 4.79 Å². The molecule has 1 aromatic carbocycles. The maximum absolute atomic E-state index is 11.4. The molecule has 2 aromatic heterocycles.